The maximum absolute atomic E-state index is 14.0. The van der Waals surface area contributed by atoms with Gasteiger partial charge >= 0.3 is 0 Å². The summed E-state index contributed by atoms with van der Waals surface area (Å²) in [5.41, 5.74) is 14.5. The van der Waals surface area contributed by atoms with E-state index in [0.717, 1.165) is 49.4 Å². The molecule has 204 valence electrons. The third kappa shape index (κ3) is 4.95. The number of Topliss-reactive ketones (excluding diaryl/α,β-unsaturated/α-hetero) is 1. The molecule has 0 saturated heterocycles. The number of aryl methyl sites for hydroxylation is 2. The molecule has 0 fully saturated rings. The number of para-hydroxylation sites is 2. The monoisotopic (exact) mass is 595 g/mol. The van der Waals surface area contributed by atoms with E-state index in [1.54, 1.807) is 0 Å². The van der Waals surface area contributed by atoms with Crippen LogP contribution in [0.2, 0.25) is 0 Å². The molecule has 6 heteroatoms. The van der Waals surface area contributed by atoms with Crippen molar-refractivity contribution in [3.05, 3.63) is 116 Å². The third-order valence-corrected chi connectivity index (χ3v) is 8.62. The Balaban J connectivity index is 1.69. The van der Waals surface area contributed by atoms with Crippen LogP contribution in [0, 0.1) is 37.5 Å². The number of anilines is 1. The highest BCUT2D eigenvalue weighted by atomic mass is 79.9. The molecule has 5 rings (SSSR count). The van der Waals surface area contributed by atoms with Crippen molar-refractivity contribution in [2.75, 3.05) is 4.90 Å². The quantitative estimate of drug-likeness (QED) is 0.324. The van der Waals surface area contributed by atoms with Crippen LogP contribution in [-0.2, 0) is 11.4 Å². The molecule has 2 N–H and O–H groups in total. The number of nitriles is 1. The van der Waals surface area contributed by atoms with Crippen molar-refractivity contribution in [3.63, 3.8) is 0 Å². The van der Waals surface area contributed by atoms with Crippen LogP contribution in [0.5, 0.6) is 5.75 Å². The largest absolute Gasteiger partial charge is 0.488 e. The first-order chi connectivity index (χ1) is 19.0. The zero-order valence-corrected chi connectivity index (χ0v) is 25.2. The van der Waals surface area contributed by atoms with Crippen molar-refractivity contribution in [3.8, 4) is 11.8 Å². The number of carbonyl (C=O) groups excluding carboxylic acids is 1. The number of carbonyl (C=O) groups is 1. The molecule has 1 unspecified atom stereocenters. The molecule has 1 atom stereocenters. The lowest BCUT2D eigenvalue weighted by molar-refractivity contribution is -0.118. The number of nitrogens with zero attached hydrogens (tertiary/aromatic N) is 2. The van der Waals surface area contributed by atoms with E-state index in [1.807, 2.05) is 74.2 Å². The molecule has 40 heavy (non-hydrogen) atoms. The van der Waals surface area contributed by atoms with Crippen LogP contribution in [0.3, 0.4) is 0 Å². The number of hydrogen-bond acceptors (Lipinski definition) is 5. The smallest absolute Gasteiger partial charge is 0.162 e. The zero-order valence-electron chi connectivity index (χ0n) is 23.6. The lowest BCUT2D eigenvalue weighted by atomic mass is 9.67. The fourth-order valence-electron chi connectivity index (χ4n) is 6.04. The van der Waals surface area contributed by atoms with Gasteiger partial charge in [-0.2, -0.15) is 5.26 Å². The number of nitrogens with two attached hydrogens (primary N) is 1. The van der Waals surface area contributed by atoms with Gasteiger partial charge in [-0.1, -0.05) is 61.9 Å². The predicted molar refractivity (Wildman–Crippen MR) is 163 cm³/mol. The summed E-state index contributed by atoms with van der Waals surface area (Å²) in [6.07, 6.45) is 1.10. The lowest BCUT2D eigenvalue weighted by Gasteiger charge is -2.44. The van der Waals surface area contributed by atoms with E-state index in [0.29, 0.717) is 36.4 Å². The Bertz CT molecular complexity index is 1630. The molecule has 3 aromatic rings. The van der Waals surface area contributed by atoms with Gasteiger partial charge in [0.05, 0.1) is 27.7 Å². The van der Waals surface area contributed by atoms with Crippen molar-refractivity contribution in [1.29, 1.82) is 5.26 Å². The molecule has 1 aliphatic heterocycles. The van der Waals surface area contributed by atoms with Crippen LogP contribution >= 0.6 is 15.9 Å². The first kappa shape index (κ1) is 27.7. The number of hydrogen-bond donors (Lipinski definition) is 1. The van der Waals surface area contributed by atoms with Crippen LogP contribution in [-0.4, -0.2) is 5.78 Å². The molecule has 2 aliphatic rings. The minimum absolute atomic E-state index is 0.0713. The Morgan fingerprint density at radius 3 is 2.48 bits per heavy atom. The van der Waals surface area contributed by atoms with Gasteiger partial charge in [0.2, 0.25) is 0 Å². The summed E-state index contributed by atoms with van der Waals surface area (Å²) in [7, 11) is 0. The van der Waals surface area contributed by atoms with Crippen LogP contribution in [0.15, 0.2) is 87.8 Å². The summed E-state index contributed by atoms with van der Waals surface area (Å²) in [6.45, 7) is 10.7. The van der Waals surface area contributed by atoms with Crippen molar-refractivity contribution in [1.82, 2.24) is 0 Å². The normalized spacial score (nSPS) is 18.5. The van der Waals surface area contributed by atoms with E-state index in [-0.39, 0.29) is 11.2 Å². The second kappa shape index (κ2) is 10.6. The van der Waals surface area contributed by atoms with Gasteiger partial charge in [-0.3, -0.25) is 9.69 Å². The first-order valence-corrected chi connectivity index (χ1v) is 14.3. The highest BCUT2D eigenvalue weighted by Gasteiger charge is 2.45. The molecule has 1 heterocycles. The second-order valence-corrected chi connectivity index (χ2v) is 12.5. The van der Waals surface area contributed by atoms with Gasteiger partial charge in [-0.05, 0) is 89.0 Å². The van der Waals surface area contributed by atoms with Crippen LogP contribution < -0.4 is 15.4 Å². The van der Waals surface area contributed by atoms with Gasteiger partial charge in [-0.25, -0.2) is 0 Å². The van der Waals surface area contributed by atoms with Crippen molar-refractivity contribution < 1.29 is 9.53 Å². The Hall–Kier alpha value is -3.82. The summed E-state index contributed by atoms with van der Waals surface area (Å²) in [5, 5.41) is 10.5. The van der Waals surface area contributed by atoms with Gasteiger partial charge in [0.15, 0.2) is 5.78 Å². The highest BCUT2D eigenvalue weighted by Crippen LogP contribution is 2.51. The van der Waals surface area contributed by atoms with E-state index in [1.165, 1.54) is 0 Å². The van der Waals surface area contributed by atoms with E-state index in [9.17, 15) is 10.1 Å². The Kier molecular flexibility index (Phi) is 7.37. The fraction of sp³-hybridized carbons (Fsp3) is 0.294. The molecule has 5 nitrogen and oxygen atoms in total. The summed E-state index contributed by atoms with van der Waals surface area (Å²) in [6, 6.07) is 22.4. The number of ketones is 1. The number of ether oxygens (including phenoxy) is 1. The van der Waals surface area contributed by atoms with Crippen molar-refractivity contribution >= 4 is 27.4 Å². The number of allylic oxidation sites excluding steroid dienone is 3. The Morgan fingerprint density at radius 1 is 1.07 bits per heavy atom. The molecular weight excluding hydrogens is 562 g/mol. The van der Waals surface area contributed by atoms with E-state index < -0.39 is 5.92 Å². The molecule has 0 bridgehead atoms. The third-order valence-electron chi connectivity index (χ3n) is 7.97. The molecule has 3 aromatic carbocycles. The predicted octanol–water partition coefficient (Wildman–Crippen LogP) is 7.89. The molecule has 0 radical (unpaired) electrons. The van der Waals surface area contributed by atoms with Gasteiger partial charge < -0.3 is 10.5 Å². The van der Waals surface area contributed by atoms with Gasteiger partial charge in [0.1, 0.15) is 18.2 Å². The van der Waals surface area contributed by atoms with E-state index in [2.05, 4.69) is 48.0 Å². The van der Waals surface area contributed by atoms with Gasteiger partial charge in [0, 0.05) is 17.7 Å². The Morgan fingerprint density at radius 2 is 1.77 bits per heavy atom. The van der Waals surface area contributed by atoms with Crippen LogP contribution in [0.1, 0.15) is 60.4 Å². The second-order valence-electron chi connectivity index (χ2n) is 11.6. The van der Waals surface area contributed by atoms with Crippen molar-refractivity contribution in [2.45, 2.75) is 60.0 Å². The average Bonchev–Trinajstić information content (AvgIpc) is 2.89. The number of benzene rings is 3. The highest BCUT2D eigenvalue weighted by molar-refractivity contribution is 9.10. The summed E-state index contributed by atoms with van der Waals surface area (Å²) in [5.74, 6) is 0.680. The number of rotatable bonds is 5. The van der Waals surface area contributed by atoms with Crippen molar-refractivity contribution in [2.24, 2.45) is 11.1 Å². The molecule has 0 spiro atoms. The topological polar surface area (TPSA) is 79.3 Å². The first-order valence-electron chi connectivity index (χ1n) is 13.5. The fourth-order valence-corrected chi connectivity index (χ4v) is 6.44. The minimum atomic E-state index is -0.536. The Labute approximate surface area is 245 Å². The standard InChI is InChI=1S/C34H34BrN3O2/c1-20-14-23(19-40-30-13-9-7-11-26(30)35)22(3)24(15-20)31-25(18-36)33(37)38(27-12-8-6-10-21(27)2)28-16-34(4,5)17-29(39)32(28)31/h6-15,31H,16-17,19,37H2,1-5H3. The van der Waals surface area contributed by atoms with E-state index in [4.69, 9.17) is 10.5 Å². The molecule has 0 amide bonds. The summed E-state index contributed by atoms with van der Waals surface area (Å²) < 4.78 is 7.07. The SMILES string of the molecule is Cc1cc(COc2ccccc2Br)c(C)c(C2C(C#N)=C(N)N(c3ccccc3C)C3=C2C(=O)CC(C)(C)C3)c1. The molecular formula is C34H34BrN3O2. The van der Waals surface area contributed by atoms with Crippen LogP contribution in [0.4, 0.5) is 5.69 Å². The average molecular weight is 597 g/mol. The zero-order chi connectivity index (χ0) is 28.8. The van der Waals surface area contributed by atoms with Gasteiger partial charge in [0.25, 0.3) is 0 Å². The summed E-state index contributed by atoms with van der Waals surface area (Å²) >= 11 is 3.56. The number of halogens is 1. The molecule has 0 saturated carbocycles. The summed E-state index contributed by atoms with van der Waals surface area (Å²) in [4.78, 5) is 16.0. The maximum atomic E-state index is 14.0. The lowest BCUT2D eigenvalue weighted by Crippen LogP contribution is -2.42. The molecule has 1 aliphatic carbocycles. The van der Waals surface area contributed by atoms with E-state index >= 15 is 0 Å². The van der Waals surface area contributed by atoms with Crippen LogP contribution in [0.25, 0.3) is 0 Å². The maximum Gasteiger partial charge on any atom is 0.162 e. The minimum Gasteiger partial charge on any atom is -0.488 e. The molecule has 0 aromatic heterocycles. The van der Waals surface area contributed by atoms with Gasteiger partial charge in [-0.15, -0.1) is 0 Å².